The largest absolute Gasteiger partial charge is 0.379 e. The van der Waals surface area contributed by atoms with E-state index in [2.05, 4.69) is 20.5 Å². The number of ether oxygens (including phenoxy) is 1. The molecule has 1 atom stereocenters. The van der Waals surface area contributed by atoms with Crippen molar-refractivity contribution in [3.05, 3.63) is 53.8 Å². The highest BCUT2D eigenvalue weighted by Crippen LogP contribution is 2.23. The van der Waals surface area contributed by atoms with Gasteiger partial charge in [0.15, 0.2) is 0 Å². The monoisotopic (exact) mass is 388 g/mol. The number of amides is 2. The number of rotatable bonds is 7. The van der Waals surface area contributed by atoms with E-state index >= 15 is 0 Å². The topological polar surface area (TPSA) is 83.6 Å². The molecule has 1 aromatic rings. The van der Waals surface area contributed by atoms with Crippen molar-refractivity contribution in [1.29, 1.82) is 0 Å². The summed E-state index contributed by atoms with van der Waals surface area (Å²) < 4.78 is 19.0. The molecule has 28 heavy (non-hydrogen) atoms. The Bertz CT molecular complexity index is 745. The highest BCUT2D eigenvalue weighted by molar-refractivity contribution is 5.96. The number of morpholine rings is 1. The first kappa shape index (κ1) is 20.2. The smallest absolute Gasteiger partial charge is 0.256 e. The molecule has 1 saturated heterocycles. The second kappa shape index (κ2) is 10.1. The van der Waals surface area contributed by atoms with Crippen molar-refractivity contribution in [2.75, 3.05) is 39.4 Å². The standard InChI is InChI=1S/C20H25FN4O3/c21-16-4-5-17(18(13-16)24-19(26)15-3-1-6-22-14-15)20(27)23-7-2-8-25-9-11-28-12-10-25/h1,3-4,6,13-14,17H,2,5,7-12H2,(H,23,27)(H,24,26). The number of pyridine rings is 1. The Morgan fingerprint density at radius 1 is 1.32 bits per heavy atom. The molecule has 0 bridgehead atoms. The van der Waals surface area contributed by atoms with Gasteiger partial charge in [-0.3, -0.25) is 19.5 Å². The van der Waals surface area contributed by atoms with Crippen LogP contribution >= 0.6 is 0 Å². The summed E-state index contributed by atoms with van der Waals surface area (Å²) in [5.74, 6) is -1.72. The van der Waals surface area contributed by atoms with Crippen LogP contribution in [0.5, 0.6) is 0 Å². The predicted molar refractivity (Wildman–Crippen MR) is 102 cm³/mol. The van der Waals surface area contributed by atoms with Crippen molar-refractivity contribution < 1.29 is 18.7 Å². The highest BCUT2D eigenvalue weighted by atomic mass is 19.1. The van der Waals surface area contributed by atoms with Crippen LogP contribution in [-0.4, -0.2) is 61.1 Å². The molecule has 0 radical (unpaired) electrons. The zero-order valence-electron chi connectivity index (χ0n) is 15.7. The van der Waals surface area contributed by atoms with Gasteiger partial charge in [0.2, 0.25) is 5.91 Å². The average molecular weight is 388 g/mol. The van der Waals surface area contributed by atoms with Gasteiger partial charge >= 0.3 is 0 Å². The summed E-state index contributed by atoms with van der Waals surface area (Å²) in [6, 6.07) is 3.25. The summed E-state index contributed by atoms with van der Waals surface area (Å²) >= 11 is 0. The maximum Gasteiger partial charge on any atom is 0.256 e. The van der Waals surface area contributed by atoms with Gasteiger partial charge in [-0.05, 0) is 43.7 Å². The first-order valence-corrected chi connectivity index (χ1v) is 9.50. The van der Waals surface area contributed by atoms with E-state index < -0.39 is 17.7 Å². The van der Waals surface area contributed by atoms with E-state index in [9.17, 15) is 14.0 Å². The van der Waals surface area contributed by atoms with E-state index in [1.54, 1.807) is 18.3 Å². The van der Waals surface area contributed by atoms with Gasteiger partial charge in [-0.2, -0.15) is 0 Å². The molecule has 1 aliphatic carbocycles. The average Bonchev–Trinajstić information content (AvgIpc) is 2.72. The lowest BCUT2D eigenvalue weighted by atomic mass is 9.95. The molecule has 3 rings (SSSR count). The Hall–Kier alpha value is -2.58. The summed E-state index contributed by atoms with van der Waals surface area (Å²) in [5.41, 5.74) is 0.613. The minimum Gasteiger partial charge on any atom is -0.379 e. The summed E-state index contributed by atoms with van der Waals surface area (Å²) in [5, 5.41) is 5.55. The molecule has 0 saturated carbocycles. The second-order valence-electron chi connectivity index (χ2n) is 6.77. The Morgan fingerprint density at radius 3 is 2.89 bits per heavy atom. The van der Waals surface area contributed by atoms with E-state index in [1.165, 1.54) is 18.3 Å². The minimum absolute atomic E-state index is 0.209. The lowest BCUT2D eigenvalue weighted by Crippen LogP contribution is -2.40. The van der Waals surface area contributed by atoms with Crippen molar-refractivity contribution in [1.82, 2.24) is 20.5 Å². The van der Waals surface area contributed by atoms with E-state index in [0.717, 1.165) is 39.3 Å². The molecule has 1 fully saturated rings. The molecule has 0 aromatic carbocycles. The van der Waals surface area contributed by atoms with Gasteiger partial charge < -0.3 is 15.4 Å². The quantitative estimate of drug-likeness (QED) is 0.690. The van der Waals surface area contributed by atoms with Crippen molar-refractivity contribution in [3.63, 3.8) is 0 Å². The van der Waals surface area contributed by atoms with Crippen LogP contribution < -0.4 is 10.6 Å². The van der Waals surface area contributed by atoms with Gasteiger partial charge in [-0.1, -0.05) is 0 Å². The van der Waals surface area contributed by atoms with Gasteiger partial charge in [0.05, 0.1) is 24.7 Å². The summed E-state index contributed by atoms with van der Waals surface area (Å²) in [6.45, 7) is 4.74. The molecule has 2 heterocycles. The Kier molecular flexibility index (Phi) is 7.27. The van der Waals surface area contributed by atoms with E-state index in [4.69, 9.17) is 4.74 Å². The molecule has 150 valence electrons. The van der Waals surface area contributed by atoms with Crippen LogP contribution in [0.3, 0.4) is 0 Å². The number of allylic oxidation sites excluding steroid dienone is 3. The minimum atomic E-state index is -0.622. The van der Waals surface area contributed by atoms with Crippen molar-refractivity contribution in [2.24, 2.45) is 5.92 Å². The van der Waals surface area contributed by atoms with Crippen molar-refractivity contribution >= 4 is 11.8 Å². The van der Waals surface area contributed by atoms with E-state index in [0.29, 0.717) is 12.1 Å². The lowest BCUT2D eigenvalue weighted by Gasteiger charge is -2.26. The second-order valence-corrected chi connectivity index (χ2v) is 6.77. The third-order valence-electron chi connectivity index (χ3n) is 4.77. The van der Waals surface area contributed by atoms with Gasteiger partial charge in [0.1, 0.15) is 5.83 Å². The number of hydrogen-bond acceptors (Lipinski definition) is 5. The number of nitrogens with zero attached hydrogens (tertiary/aromatic N) is 2. The van der Waals surface area contributed by atoms with Crippen molar-refractivity contribution in [2.45, 2.75) is 12.8 Å². The van der Waals surface area contributed by atoms with Crippen LogP contribution in [0.25, 0.3) is 0 Å². The zero-order valence-corrected chi connectivity index (χ0v) is 15.7. The number of nitrogens with one attached hydrogen (secondary N) is 2. The molecule has 1 aliphatic heterocycles. The molecule has 1 unspecified atom stereocenters. The number of carbonyl (C=O) groups is 2. The fraction of sp³-hybridized carbons (Fsp3) is 0.450. The van der Waals surface area contributed by atoms with Crippen LogP contribution in [0, 0.1) is 5.92 Å². The SMILES string of the molecule is O=C(NC1=CC(F)=CCC1C(=O)NCCCN1CCOCC1)c1cccnc1. The molecular weight excluding hydrogens is 363 g/mol. The molecular formula is C20H25FN4O3. The van der Waals surface area contributed by atoms with Crippen LogP contribution in [0.4, 0.5) is 4.39 Å². The fourth-order valence-corrected chi connectivity index (χ4v) is 3.20. The van der Waals surface area contributed by atoms with Gasteiger partial charge in [0, 0.05) is 37.7 Å². The summed E-state index contributed by atoms with van der Waals surface area (Å²) in [4.78, 5) is 31.1. The molecule has 0 spiro atoms. The number of hydrogen-bond donors (Lipinski definition) is 2. The zero-order chi connectivity index (χ0) is 19.8. The first-order valence-electron chi connectivity index (χ1n) is 9.50. The van der Waals surface area contributed by atoms with Crippen molar-refractivity contribution in [3.8, 4) is 0 Å². The first-order chi connectivity index (χ1) is 13.6. The molecule has 2 N–H and O–H groups in total. The Morgan fingerprint density at radius 2 is 2.14 bits per heavy atom. The van der Waals surface area contributed by atoms with Gasteiger partial charge in [-0.25, -0.2) is 4.39 Å². The van der Waals surface area contributed by atoms with E-state index in [1.807, 2.05) is 0 Å². The number of halogens is 1. The Labute approximate surface area is 163 Å². The molecule has 2 amide bonds. The maximum absolute atomic E-state index is 13.7. The third kappa shape index (κ3) is 5.71. The molecule has 2 aliphatic rings. The third-order valence-corrected chi connectivity index (χ3v) is 4.77. The van der Waals surface area contributed by atoms with Crippen LogP contribution in [-0.2, 0) is 9.53 Å². The van der Waals surface area contributed by atoms with Crippen LogP contribution in [0.2, 0.25) is 0 Å². The molecule has 1 aromatic heterocycles. The molecule has 7 nitrogen and oxygen atoms in total. The summed E-state index contributed by atoms with van der Waals surface area (Å²) in [7, 11) is 0. The van der Waals surface area contributed by atoms with Gasteiger partial charge in [0.25, 0.3) is 5.91 Å². The van der Waals surface area contributed by atoms with Crippen LogP contribution in [0.1, 0.15) is 23.2 Å². The number of carbonyl (C=O) groups excluding carboxylic acids is 2. The fourth-order valence-electron chi connectivity index (χ4n) is 3.20. The van der Waals surface area contributed by atoms with Crippen LogP contribution in [0.15, 0.2) is 48.2 Å². The normalized spacial score (nSPS) is 20.1. The lowest BCUT2D eigenvalue weighted by molar-refractivity contribution is -0.123. The summed E-state index contributed by atoms with van der Waals surface area (Å²) in [6.07, 6.45) is 6.58. The Balaban J connectivity index is 1.51. The van der Waals surface area contributed by atoms with E-state index in [-0.39, 0.29) is 18.0 Å². The maximum atomic E-state index is 13.7. The number of aromatic nitrogens is 1. The molecule has 8 heteroatoms. The highest BCUT2D eigenvalue weighted by Gasteiger charge is 2.27. The van der Waals surface area contributed by atoms with Gasteiger partial charge in [-0.15, -0.1) is 0 Å². The predicted octanol–water partition coefficient (Wildman–Crippen LogP) is 1.41.